The molecule has 20 heavy (non-hydrogen) atoms. The summed E-state index contributed by atoms with van der Waals surface area (Å²) in [6.45, 7) is 0.726. The van der Waals surface area contributed by atoms with Gasteiger partial charge in [-0.2, -0.15) is 0 Å². The Labute approximate surface area is 123 Å². The summed E-state index contributed by atoms with van der Waals surface area (Å²) >= 11 is 5.75. The van der Waals surface area contributed by atoms with Crippen LogP contribution in [-0.2, 0) is 10.0 Å². The van der Waals surface area contributed by atoms with E-state index in [2.05, 4.69) is 15.0 Å². The summed E-state index contributed by atoms with van der Waals surface area (Å²) in [6.07, 6.45) is 1.58. The molecule has 0 amide bonds. The quantitative estimate of drug-likeness (QED) is 0.633. The molecule has 0 radical (unpaired) electrons. The monoisotopic (exact) mass is 311 g/mol. The van der Waals surface area contributed by atoms with E-state index >= 15 is 0 Å². The predicted molar refractivity (Wildman–Crippen MR) is 79.4 cm³/mol. The number of halogens is 1. The first-order valence-corrected chi connectivity index (χ1v) is 7.84. The van der Waals surface area contributed by atoms with E-state index in [1.165, 1.54) is 0 Å². The van der Waals surface area contributed by atoms with Crippen molar-refractivity contribution in [3.05, 3.63) is 53.8 Å². The minimum absolute atomic E-state index is 0.256. The van der Waals surface area contributed by atoms with Crippen LogP contribution in [0.25, 0.3) is 0 Å². The van der Waals surface area contributed by atoms with Gasteiger partial charge in [-0.15, -0.1) is 0 Å². The van der Waals surface area contributed by atoms with Gasteiger partial charge in [-0.1, -0.05) is 29.8 Å². The lowest BCUT2D eigenvalue weighted by Crippen LogP contribution is -2.28. The summed E-state index contributed by atoms with van der Waals surface area (Å²) in [5.74, 6) is 0. The molecular formula is C13H14ClN3O2S. The molecular weight excluding hydrogens is 298 g/mol. The molecule has 7 heteroatoms. The largest absolute Gasteiger partial charge is 0.384 e. The van der Waals surface area contributed by atoms with Gasteiger partial charge in [0.25, 0.3) is 0 Å². The number of hydrogen-bond donors (Lipinski definition) is 2. The fraction of sp³-hybridized carbons (Fsp3) is 0.154. The molecule has 0 unspecified atom stereocenters. The van der Waals surface area contributed by atoms with E-state index in [1.807, 2.05) is 0 Å². The van der Waals surface area contributed by atoms with Gasteiger partial charge in [-0.25, -0.2) is 18.1 Å². The standard InChI is InChI=1S/C13H14ClN3O2S/c14-13-10-11(6-7-16-13)15-8-9-17-20(18,19)12-4-2-1-3-5-12/h1-7,10,17H,8-9H2,(H,15,16). The molecule has 0 atom stereocenters. The predicted octanol–water partition coefficient (Wildman–Crippen LogP) is 2.13. The van der Waals surface area contributed by atoms with Crippen LogP contribution in [0.3, 0.4) is 0 Å². The van der Waals surface area contributed by atoms with Crippen molar-refractivity contribution in [2.75, 3.05) is 18.4 Å². The molecule has 2 aromatic rings. The Hall–Kier alpha value is -1.63. The third-order valence-corrected chi connectivity index (χ3v) is 4.21. The highest BCUT2D eigenvalue weighted by atomic mass is 35.5. The Kier molecular flexibility index (Phi) is 4.94. The van der Waals surface area contributed by atoms with Crippen LogP contribution in [0, 0.1) is 0 Å². The summed E-state index contributed by atoms with van der Waals surface area (Å²) in [5, 5.41) is 3.45. The Balaban J connectivity index is 1.84. The second kappa shape index (κ2) is 6.69. The summed E-state index contributed by atoms with van der Waals surface area (Å²) < 4.78 is 26.4. The van der Waals surface area contributed by atoms with E-state index in [-0.39, 0.29) is 11.4 Å². The topological polar surface area (TPSA) is 71.1 Å². The number of anilines is 1. The molecule has 5 nitrogen and oxygen atoms in total. The first kappa shape index (κ1) is 14.8. The van der Waals surface area contributed by atoms with Crippen LogP contribution in [0.15, 0.2) is 53.6 Å². The molecule has 2 N–H and O–H groups in total. The average molecular weight is 312 g/mol. The third-order valence-electron chi connectivity index (χ3n) is 2.53. The SMILES string of the molecule is O=S(=O)(NCCNc1ccnc(Cl)c1)c1ccccc1. The lowest BCUT2D eigenvalue weighted by Gasteiger charge is -2.08. The zero-order valence-electron chi connectivity index (χ0n) is 10.6. The van der Waals surface area contributed by atoms with Crippen molar-refractivity contribution >= 4 is 27.3 Å². The van der Waals surface area contributed by atoms with Crippen LogP contribution < -0.4 is 10.0 Å². The molecule has 1 aromatic carbocycles. The van der Waals surface area contributed by atoms with Crippen LogP contribution in [0.2, 0.25) is 5.15 Å². The lowest BCUT2D eigenvalue weighted by molar-refractivity contribution is 0.583. The minimum Gasteiger partial charge on any atom is -0.384 e. The van der Waals surface area contributed by atoms with Crippen molar-refractivity contribution in [2.45, 2.75) is 4.90 Å². The fourth-order valence-corrected chi connectivity index (χ4v) is 2.81. The van der Waals surface area contributed by atoms with Gasteiger partial charge in [0, 0.05) is 25.0 Å². The maximum absolute atomic E-state index is 11.9. The highest BCUT2D eigenvalue weighted by Crippen LogP contribution is 2.11. The van der Waals surface area contributed by atoms with Crippen molar-refractivity contribution in [3.63, 3.8) is 0 Å². The maximum atomic E-state index is 11.9. The van der Waals surface area contributed by atoms with Crippen molar-refractivity contribution in [3.8, 4) is 0 Å². The smallest absolute Gasteiger partial charge is 0.240 e. The highest BCUT2D eigenvalue weighted by Gasteiger charge is 2.11. The third kappa shape index (κ3) is 4.19. The summed E-state index contributed by atoms with van der Waals surface area (Å²) in [4.78, 5) is 4.12. The second-order valence-electron chi connectivity index (χ2n) is 4.00. The van der Waals surface area contributed by atoms with E-state index in [0.29, 0.717) is 11.7 Å². The molecule has 1 heterocycles. The Morgan fingerprint density at radius 3 is 2.55 bits per heavy atom. The molecule has 0 bridgehead atoms. The van der Waals surface area contributed by atoms with Gasteiger partial charge >= 0.3 is 0 Å². The van der Waals surface area contributed by atoms with Gasteiger partial charge in [0.15, 0.2) is 0 Å². The van der Waals surface area contributed by atoms with E-state index < -0.39 is 10.0 Å². The van der Waals surface area contributed by atoms with Crippen molar-refractivity contribution < 1.29 is 8.42 Å². The number of benzene rings is 1. The molecule has 0 aliphatic rings. The van der Waals surface area contributed by atoms with Gasteiger partial charge in [0.2, 0.25) is 10.0 Å². The summed E-state index contributed by atoms with van der Waals surface area (Å²) in [7, 11) is -3.45. The normalized spacial score (nSPS) is 11.2. The van der Waals surface area contributed by atoms with Crippen molar-refractivity contribution in [2.24, 2.45) is 0 Å². The number of sulfonamides is 1. The Morgan fingerprint density at radius 2 is 1.85 bits per heavy atom. The first-order chi connectivity index (χ1) is 9.58. The number of nitrogens with one attached hydrogen (secondary N) is 2. The molecule has 0 fully saturated rings. The zero-order valence-corrected chi connectivity index (χ0v) is 12.2. The van der Waals surface area contributed by atoms with Crippen LogP contribution in [0.1, 0.15) is 0 Å². The molecule has 0 saturated heterocycles. The molecule has 0 aliphatic heterocycles. The first-order valence-electron chi connectivity index (χ1n) is 5.98. The number of aromatic nitrogens is 1. The summed E-state index contributed by atoms with van der Waals surface area (Å²) in [5.41, 5.74) is 0.795. The van der Waals surface area contributed by atoms with Crippen molar-refractivity contribution in [1.29, 1.82) is 0 Å². The number of rotatable bonds is 6. The molecule has 0 saturated carbocycles. The maximum Gasteiger partial charge on any atom is 0.240 e. The van der Waals surface area contributed by atoms with Gasteiger partial charge in [0.1, 0.15) is 5.15 Å². The molecule has 106 valence electrons. The van der Waals surface area contributed by atoms with Crippen LogP contribution >= 0.6 is 11.6 Å². The van der Waals surface area contributed by atoms with Crippen LogP contribution in [0.4, 0.5) is 5.69 Å². The van der Waals surface area contributed by atoms with Crippen LogP contribution in [-0.4, -0.2) is 26.5 Å². The summed E-state index contributed by atoms with van der Waals surface area (Å²) in [6, 6.07) is 11.7. The number of hydrogen-bond acceptors (Lipinski definition) is 4. The fourth-order valence-electron chi connectivity index (χ4n) is 1.59. The lowest BCUT2D eigenvalue weighted by atomic mass is 10.4. The van der Waals surface area contributed by atoms with Gasteiger partial charge in [0.05, 0.1) is 4.90 Å². The molecule has 0 spiro atoms. The van der Waals surface area contributed by atoms with E-state index in [9.17, 15) is 8.42 Å². The molecule has 0 aliphatic carbocycles. The molecule has 1 aromatic heterocycles. The zero-order chi connectivity index (χ0) is 14.4. The number of pyridine rings is 1. The van der Waals surface area contributed by atoms with E-state index in [0.717, 1.165) is 5.69 Å². The number of nitrogens with zero attached hydrogens (tertiary/aromatic N) is 1. The Morgan fingerprint density at radius 1 is 1.10 bits per heavy atom. The van der Waals surface area contributed by atoms with Gasteiger partial charge in [-0.05, 0) is 24.3 Å². The van der Waals surface area contributed by atoms with E-state index in [4.69, 9.17) is 11.6 Å². The minimum atomic E-state index is -3.45. The Bertz CT molecular complexity index is 662. The van der Waals surface area contributed by atoms with Gasteiger partial charge < -0.3 is 5.32 Å². The van der Waals surface area contributed by atoms with Crippen LogP contribution in [0.5, 0.6) is 0 Å². The van der Waals surface area contributed by atoms with Gasteiger partial charge in [-0.3, -0.25) is 0 Å². The average Bonchev–Trinajstić information content (AvgIpc) is 2.45. The highest BCUT2D eigenvalue weighted by molar-refractivity contribution is 7.89. The second-order valence-corrected chi connectivity index (χ2v) is 6.16. The van der Waals surface area contributed by atoms with E-state index in [1.54, 1.807) is 48.7 Å². The van der Waals surface area contributed by atoms with Crippen molar-refractivity contribution in [1.82, 2.24) is 9.71 Å². The molecule has 2 rings (SSSR count).